The fourth-order valence-electron chi connectivity index (χ4n) is 6.01. The first-order chi connectivity index (χ1) is 14.1. The van der Waals surface area contributed by atoms with Gasteiger partial charge in [-0.15, -0.1) is 0 Å². The van der Waals surface area contributed by atoms with Crippen LogP contribution in [0.2, 0.25) is 0 Å². The van der Waals surface area contributed by atoms with Crippen molar-refractivity contribution in [1.29, 1.82) is 0 Å². The van der Waals surface area contributed by atoms with Gasteiger partial charge in [-0.25, -0.2) is 0 Å². The molecule has 1 aromatic heterocycles. The molecule has 29 heavy (non-hydrogen) atoms. The second kappa shape index (κ2) is 6.98. The lowest BCUT2D eigenvalue weighted by atomic mass is 9.53. The van der Waals surface area contributed by atoms with E-state index in [2.05, 4.69) is 79.3 Å². The number of aromatic nitrogens is 2. The number of hydrogen-bond acceptors (Lipinski definition) is 2. The van der Waals surface area contributed by atoms with Crippen molar-refractivity contribution in [3.8, 4) is 11.3 Å². The van der Waals surface area contributed by atoms with Crippen LogP contribution in [-0.4, -0.2) is 15.6 Å². The van der Waals surface area contributed by atoms with Crippen LogP contribution in [0.25, 0.3) is 11.3 Å². The minimum Gasteiger partial charge on any atom is -0.299 e. The van der Waals surface area contributed by atoms with Crippen molar-refractivity contribution in [3.05, 3.63) is 77.5 Å². The van der Waals surface area contributed by atoms with Crippen molar-refractivity contribution in [2.45, 2.75) is 44.4 Å². The topological polar surface area (TPSA) is 34.9 Å². The van der Waals surface area contributed by atoms with E-state index in [1.54, 1.807) is 0 Å². The van der Waals surface area contributed by atoms with E-state index in [1.165, 1.54) is 28.1 Å². The molecule has 148 valence electrons. The predicted octanol–water partition coefficient (Wildman–Crippen LogP) is 5.13. The molecule has 2 aliphatic rings. The Labute approximate surface area is 172 Å². The third-order valence-corrected chi connectivity index (χ3v) is 7.37. The van der Waals surface area contributed by atoms with E-state index in [-0.39, 0.29) is 11.3 Å². The summed E-state index contributed by atoms with van der Waals surface area (Å²) in [5.74, 6) is 0.916. The highest BCUT2D eigenvalue weighted by atomic mass is 16.1. The van der Waals surface area contributed by atoms with Crippen LogP contribution in [0, 0.1) is 11.8 Å². The number of rotatable bonds is 3. The van der Waals surface area contributed by atoms with Crippen molar-refractivity contribution in [1.82, 2.24) is 9.78 Å². The summed E-state index contributed by atoms with van der Waals surface area (Å²) in [5.41, 5.74) is 6.42. The fourth-order valence-corrected chi connectivity index (χ4v) is 6.01. The normalized spacial score (nSPS) is 26.1. The molecule has 2 aliphatic carbocycles. The molecule has 0 bridgehead atoms. The molecule has 0 radical (unpaired) electrons. The average Bonchev–Trinajstić information content (AvgIpc) is 3.09. The number of hydrogen-bond donors (Lipinski definition) is 0. The van der Waals surface area contributed by atoms with Gasteiger partial charge in [-0.05, 0) is 37.2 Å². The minimum atomic E-state index is -0.0486. The zero-order chi connectivity index (χ0) is 20.0. The van der Waals surface area contributed by atoms with Crippen LogP contribution < -0.4 is 0 Å². The molecule has 0 N–H and O–H groups in total. The van der Waals surface area contributed by atoms with Gasteiger partial charge in [-0.1, -0.05) is 67.6 Å². The van der Waals surface area contributed by atoms with E-state index in [1.807, 2.05) is 0 Å². The Kier molecular flexibility index (Phi) is 4.42. The quantitative estimate of drug-likeness (QED) is 0.627. The number of fused-ring (bicyclic) bond motifs is 3. The number of ketones is 1. The van der Waals surface area contributed by atoms with E-state index in [4.69, 9.17) is 5.10 Å². The summed E-state index contributed by atoms with van der Waals surface area (Å²) in [5, 5.41) is 5.15. The summed E-state index contributed by atoms with van der Waals surface area (Å²) in [4.78, 5) is 12.6. The van der Waals surface area contributed by atoms with Crippen molar-refractivity contribution in [2.24, 2.45) is 18.9 Å². The summed E-state index contributed by atoms with van der Waals surface area (Å²) in [6.45, 7) is 2.15. The van der Waals surface area contributed by atoms with Crippen LogP contribution in [0.15, 0.2) is 60.7 Å². The number of carbonyl (C=O) groups excluding carboxylic acids is 1. The van der Waals surface area contributed by atoms with E-state index in [0.29, 0.717) is 18.1 Å². The first-order valence-electron chi connectivity index (χ1n) is 10.8. The molecule has 1 saturated carbocycles. The van der Waals surface area contributed by atoms with Crippen LogP contribution in [0.3, 0.4) is 0 Å². The van der Waals surface area contributed by atoms with Gasteiger partial charge in [0.1, 0.15) is 5.78 Å². The van der Waals surface area contributed by atoms with Crippen LogP contribution >= 0.6 is 0 Å². The molecule has 3 aromatic rings. The SMILES string of the molecule is CC1C(=O)CCC2(Cc3ccccc3)c3nn(C)c(-c4ccccc4)c3CCC12. The summed E-state index contributed by atoms with van der Waals surface area (Å²) >= 11 is 0. The fraction of sp³-hybridized carbons (Fsp3) is 0.385. The molecule has 3 heteroatoms. The average molecular weight is 385 g/mol. The zero-order valence-electron chi connectivity index (χ0n) is 17.3. The molecule has 3 nitrogen and oxygen atoms in total. The maximum absolute atomic E-state index is 12.6. The van der Waals surface area contributed by atoms with Crippen molar-refractivity contribution in [3.63, 3.8) is 0 Å². The lowest BCUT2D eigenvalue weighted by Crippen LogP contribution is -2.50. The number of Topliss-reactive ketones (excluding diaryl/α,β-unsaturated/α-hetero) is 1. The number of nitrogens with zero attached hydrogens (tertiary/aromatic N) is 2. The number of carbonyl (C=O) groups is 1. The molecule has 0 amide bonds. The van der Waals surface area contributed by atoms with Gasteiger partial charge in [0, 0.05) is 35.9 Å². The van der Waals surface area contributed by atoms with Crippen LogP contribution in [0.4, 0.5) is 0 Å². The molecular formula is C26H28N2O. The molecule has 0 spiro atoms. The summed E-state index contributed by atoms with van der Waals surface area (Å²) in [6.07, 6.45) is 4.62. The van der Waals surface area contributed by atoms with E-state index in [0.717, 1.165) is 25.7 Å². The maximum Gasteiger partial charge on any atom is 0.136 e. The van der Waals surface area contributed by atoms with Gasteiger partial charge in [-0.2, -0.15) is 5.10 Å². The maximum atomic E-state index is 12.6. The Balaban J connectivity index is 1.69. The molecular weight excluding hydrogens is 356 g/mol. The monoisotopic (exact) mass is 384 g/mol. The van der Waals surface area contributed by atoms with E-state index < -0.39 is 0 Å². The first kappa shape index (κ1) is 18.4. The Morgan fingerprint density at radius 3 is 2.45 bits per heavy atom. The Morgan fingerprint density at radius 2 is 1.72 bits per heavy atom. The van der Waals surface area contributed by atoms with Crippen LogP contribution in [-0.2, 0) is 30.1 Å². The Hall–Kier alpha value is -2.68. The molecule has 3 unspecified atom stereocenters. The molecule has 0 aliphatic heterocycles. The predicted molar refractivity (Wildman–Crippen MR) is 116 cm³/mol. The Morgan fingerprint density at radius 1 is 1.03 bits per heavy atom. The first-order valence-corrected chi connectivity index (χ1v) is 10.8. The standard InChI is InChI=1S/C26H28N2O/c1-18-22-14-13-21-24(20-11-7-4-8-12-20)28(2)27-25(21)26(22,16-15-23(18)29)17-19-9-5-3-6-10-19/h3-12,18,22H,13-17H2,1-2H3. The van der Waals surface area contributed by atoms with Gasteiger partial charge in [-0.3, -0.25) is 9.48 Å². The zero-order valence-corrected chi connectivity index (χ0v) is 17.3. The van der Waals surface area contributed by atoms with Gasteiger partial charge in [0.25, 0.3) is 0 Å². The number of benzene rings is 2. The third-order valence-electron chi connectivity index (χ3n) is 7.37. The molecule has 1 fully saturated rings. The minimum absolute atomic E-state index is 0.0486. The smallest absolute Gasteiger partial charge is 0.136 e. The summed E-state index contributed by atoms with van der Waals surface area (Å²) in [6, 6.07) is 21.4. The second-order valence-corrected chi connectivity index (χ2v) is 8.88. The van der Waals surface area contributed by atoms with Crippen LogP contribution in [0.1, 0.15) is 43.0 Å². The summed E-state index contributed by atoms with van der Waals surface area (Å²) in [7, 11) is 2.07. The van der Waals surface area contributed by atoms with Crippen molar-refractivity contribution in [2.75, 3.05) is 0 Å². The van der Waals surface area contributed by atoms with Gasteiger partial charge in [0.15, 0.2) is 0 Å². The van der Waals surface area contributed by atoms with Crippen molar-refractivity contribution < 1.29 is 4.79 Å². The second-order valence-electron chi connectivity index (χ2n) is 8.88. The van der Waals surface area contributed by atoms with Gasteiger partial charge >= 0.3 is 0 Å². The third kappa shape index (κ3) is 2.87. The van der Waals surface area contributed by atoms with Gasteiger partial charge in [0.05, 0.1) is 11.4 Å². The molecule has 0 saturated heterocycles. The van der Waals surface area contributed by atoms with E-state index in [9.17, 15) is 4.79 Å². The summed E-state index contributed by atoms with van der Waals surface area (Å²) < 4.78 is 2.08. The molecule has 1 heterocycles. The molecule has 3 atom stereocenters. The van der Waals surface area contributed by atoms with E-state index >= 15 is 0 Å². The van der Waals surface area contributed by atoms with Crippen molar-refractivity contribution >= 4 is 5.78 Å². The van der Waals surface area contributed by atoms with Gasteiger partial charge in [0.2, 0.25) is 0 Å². The highest BCUT2D eigenvalue weighted by Crippen LogP contribution is 2.54. The lowest BCUT2D eigenvalue weighted by Gasteiger charge is -2.49. The largest absolute Gasteiger partial charge is 0.299 e. The molecule has 5 rings (SSSR count). The van der Waals surface area contributed by atoms with Gasteiger partial charge < -0.3 is 0 Å². The Bertz CT molecular complexity index is 1040. The highest BCUT2D eigenvalue weighted by Gasteiger charge is 2.53. The number of aryl methyl sites for hydroxylation is 1. The highest BCUT2D eigenvalue weighted by molar-refractivity contribution is 5.83. The molecule has 2 aromatic carbocycles. The van der Waals surface area contributed by atoms with Crippen LogP contribution in [0.5, 0.6) is 0 Å². The lowest BCUT2D eigenvalue weighted by molar-refractivity contribution is -0.129.